The average molecular weight is 374 g/mol. The van der Waals surface area contributed by atoms with Gasteiger partial charge in [-0.15, -0.1) is 24.8 Å². The molecule has 2 aliphatic carbocycles. The quantitative estimate of drug-likeness (QED) is 0.848. The number of nitrogens with zero attached hydrogens (tertiary/aromatic N) is 1. The molecule has 1 heterocycles. The van der Waals surface area contributed by atoms with Crippen LogP contribution in [0.2, 0.25) is 0 Å². The third-order valence-electron chi connectivity index (χ3n) is 5.45. The molecule has 3 unspecified atom stereocenters. The van der Waals surface area contributed by atoms with Crippen LogP contribution in [-0.2, 0) is 4.79 Å². The number of nitrogens with one attached hydrogen (secondary N) is 1. The fourth-order valence-electron chi connectivity index (χ4n) is 4.33. The number of fused-ring (bicyclic) bond motifs is 2. The van der Waals surface area contributed by atoms with Gasteiger partial charge >= 0.3 is 0 Å². The third kappa shape index (κ3) is 5.08. The molecule has 1 amide bonds. The smallest absolute Gasteiger partial charge is 0.220 e. The van der Waals surface area contributed by atoms with Gasteiger partial charge in [-0.25, -0.2) is 0 Å². The van der Waals surface area contributed by atoms with Crippen LogP contribution in [0.25, 0.3) is 0 Å². The Balaban J connectivity index is 0.00000144. The molecule has 2 saturated carbocycles. The van der Waals surface area contributed by atoms with Crippen molar-refractivity contribution in [2.75, 3.05) is 0 Å². The lowest BCUT2D eigenvalue weighted by atomic mass is 9.67. The topological polar surface area (TPSA) is 68.0 Å². The van der Waals surface area contributed by atoms with Crippen LogP contribution in [0.15, 0.2) is 24.5 Å². The highest BCUT2D eigenvalue weighted by atomic mass is 35.5. The number of halogens is 2. The maximum atomic E-state index is 12.4. The SMILES string of the molecule is CC(CC(=O)NC1C2CCCC1CC(N)C2)c1cccnc1.Cl.Cl. The van der Waals surface area contributed by atoms with E-state index in [1.165, 1.54) is 19.3 Å². The second-order valence-corrected chi connectivity index (χ2v) is 7.17. The number of rotatable bonds is 4. The van der Waals surface area contributed by atoms with Gasteiger partial charge in [0, 0.05) is 30.9 Å². The second-order valence-electron chi connectivity index (χ2n) is 7.17. The van der Waals surface area contributed by atoms with Gasteiger partial charge in [-0.3, -0.25) is 9.78 Å². The lowest BCUT2D eigenvalue weighted by Gasteiger charge is -2.45. The van der Waals surface area contributed by atoms with Crippen molar-refractivity contribution in [3.05, 3.63) is 30.1 Å². The molecule has 0 aromatic carbocycles. The van der Waals surface area contributed by atoms with Gasteiger partial charge in [-0.05, 0) is 55.1 Å². The zero-order valence-electron chi connectivity index (χ0n) is 14.2. The van der Waals surface area contributed by atoms with Crippen LogP contribution in [0.5, 0.6) is 0 Å². The van der Waals surface area contributed by atoms with Crippen molar-refractivity contribution in [2.24, 2.45) is 17.6 Å². The van der Waals surface area contributed by atoms with Crippen molar-refractivity contribution >= 4 is 30.7 Å². The number of nitrogens with two attached hydrogens (primary N) is 1. The Bertz CT molecular complexity index is 500. The first-order chi connectivity index (χ1) is 10.6. The van der Waals surface area contributed by atoms with E-state index in [0.717, 1.165) is 18.4 Å². The van der Waals surface area contributed by atoms with Crippen LogP contribution >= 0.6 is 24.8 Å². The first-order valence-electron chi connectivity index (χ1n) is 8.58. The minimum atomic E-state index is 0. The summed E-state index contributed by atoms with van der Waals surface area (Å²) < 4.78 is 0. The highest BCUT2D eigenvalue weighted by Crippen LogP contribution is 2.39. The maximum Gasteiger partial charge on any atom is 0.220 e. The van der Waals surface area contributed by atoms with Crippen LogP contribution in [0.3, 0.4) is 0 Å². The van der Waals surface area contributed by atoms with Gasteiger partial charge in [0.1, 0.15) is 0 Å². The van der Waals surface area contributed by atoms with E-state index in [9.17, 15) is 4.79 Å². The molecule has 4 nitrogen and oxygen atoms in total. The molecule has 1 aromatic rings. The summed E-state index contributed by atoms with van der Waals surface area (Å²) in [5, 5.41) is 3.33. The molecule has 6 heteroatoms. The van der Waals surface area contributed by atoms with E-state index >= 15 is 0 Å². The lowest BCUT2D eigenvalue weighted by Crippen LogP contribution is -2.53. The molecule has 136 valence electrons. The number of amides is 1. The zero-order valence-corrected chi connectivity index (χ0v) is 15.8. The zero-order chi connectivity index (χ0) is 15.5. The number of aromatic nitrogens is 1. The van der Waals surface area contributed by atoms with Gasteiger partial charge < -0.3 is 11.1 Å². The molecular formula is C18H29Cl2N3O. The average Bonchev–Trinajstić information content (AvgIpc) is 2.49. The van der Waals surface area contributed by atoms with E-state index in [0.29, 0.717) is 30.3 Å². The molecule has 0 aliphatic heterocycles. The summed E-state index contributed by atoms with van der Waals surface area (Å²) in [7, 11) is 0. The summed E-state index contributed by atoms with van der Waals surface area (Å²) in [6, 6.07) is 4.65. The fourth-order valence-corrected chi connectivity index (χ4v) is 4.33. The normalized spacial score (nSPS) is 29.6. The van der Waals surface area contributed by atoms with E-state index in [1.54, 1.807) is 6.20 Å². The first-order valence-corrected chi connectivity index (χ1v) is 8.58. The van der Waals surface area contributed by atoms with Crippen LogP contribution in [-0.4, -0.2) is 23.0 Å². The lowest BCUT2D eigenvalue weighted by molar-refractivity contribution is -0.123. The minimum absolute atomic E-state index is 0. The molecule has 24 heavy (non-hydrogen) atoms. The number of carbonyl (C=O) groups excluding carboxylic acids is 1. The third-order valence-corrected chi connectivity index (χ3v) is 5.45. The van der Waals surface area contributed by atoms with Crippen molar-refractivity contribution < 1.29 is 4.79 Å². The summed E-state index contributed by atoms with van der Waals surface area (Å²) in [4.78, 5) is 16.6. The van der Waals surface area contributed by atoms with Crippen LogP contribution < -0.4 is 11.1 Å². The Morgan fingerprint density at radius 2 is 2.00 bits per heavy atom. The van der Waals surface area contributed by atoms with Gasteiger partial charge in [0.15, 0.2) is 0 Å². The Morgan fingerprint density at radius 3 is 2.58 bits per heavy atom. The largest absolute Gasteiger partial charge is 0.353 e. The van der Waals surface area contributed by atoms with Gasteiger partial charge in [0.2, 0.25) is 5.91 Å². The molecule has 3 atom stereocenters. The van der Waals surface area contributed by atoms with Crippen LogP contribution in [0.1, 0.15) is 56.9 Å². The number of pyridine rings is 1. The molecule has 2 fully saturated rings. The second kappa shape index (κ2) is 9.59. The summed E-state index contributed by atoms with van der Waals surface area (Å²) in [5.41, 5.74) is 7.28. The van der Waals surface area contributed by atoms with Crippen molar-refractivity contribution in [1.82, 2.24) is 10.3 Å². The van der Waals surface area contributed by atoms with Gasteiger partial charge in [0.05, 0.1) is 0 Å². The van der Waals surface area contributed by atoms with Gasteiger partial charge in [0.25, 0.3) is 0 Å². The predicted octanol–water partition coefficient (Wildman–Crippen LogP) is 3.44. The molecule has 0 radical (unpaired) electrons. The molecule has 0 spiro atoms. The molecule has 2 bridgehead atoms. The first kappa shape index (κ1) is 21.2. The highest BCUT2D eigenvalue weighted by Gasteiger charge is 2.39. The summed E-state index contributed by atoms with van der Waals surface area (Å²) in [6.07, 6.45) is 10.0. The molecule has 0 saturated heterocycles. The minimum Gasteiger partial charge on any atom is -0.353 e. The number of hydrogen-bond donors (Lipinski definition) is 2. The molecular weight excluding hydrogens is 345 g/mol. The number of hydrogen-bond acceptors (Lipinski definition) is 3. The Labute approximate surface area is 157 Å². The van der Waals surface area contributed by atoms with E-state index in [4.69, 9.17) is 5.73 Å². The van der Waals surface area contributed by atoms with Crippen LogP contribution in [0.4, 0.5) is 0 Å². The monoisotopic (exact) mass is 373 g/mol. The molecule has 3 rings (SSSR count). The van der Waals surface area contributed by atoms with E-state index in [2.05, 4.69) is 17.2 Å². The number of carbonyl (C=O) groups is 1. The fraction of sp³-hybridized carbons (Fsp3) is 0.667. The standard InChI is InChI=1S/C18H27N3O.2ClH/c1-12(15-6-3-7-20-11-15)8-17(22)21-18-13-4-2-5-14(18)10-16(19)9-13;;/h3,6-7,11-14,16,18H,2,4-5,8-10,19H2,1H3,(H,21,22);2*1H. The van der Waals surface area contributed by atoms with E-state index < -0.39 is 0 Å². The highest BCUT2D eigenvalue weighted by molar-refractivity contribution is 5.85. The maximum absolute atomic E-state index is 12.4. The van der Waals surface area contributed by atoms with Gasteiger partial charge in [-0.1, -0.05) is 19.4 Å². The Morgan fingerprint density at radius 1 is 1.33 bits per heavy atom. The Kier molecular flexibility index (Phi) is 8.48. The van der Waals surface area contributed by atoms with Gasteiger partial charge in [-0.2, -0.15) is 0 Å². The van der Waals surface area contributed by atoms with Crippen molar-refractivity contribution in [3.8, 4) is 0 Å². The molecule has 3 N–H and O–H groups in total. The van der Waals surface area contributed by atoms with Crippen LogP contribution in [0, 0.1) is 11.8 Å². The van der Waals surface area contributed by atoms with E-state index in [1.807, 2.05) is 18.3 Å². The van der Waals surface area contributed by atoms with Crippen molar-refractivity contribution in [1.29, 1.82) is 0 Å². The van der Waals surface area contributed by atoms with E-state index in [-0.39, 0.29) is 36.6 Å². The molecule has 1 aromatic heterocycles. The summed E-state index contributed by atoms with van der Waals surface area (Å²) >= 11 is 0. The van der Waals surface area contributed by atoms with Crippen molar-refractivity contribution in [3.63, 3.8) is 0 Å². The summed E-state index contributed by atoms with van der Waals surface area (Å²) in [6.45, 7) is 2.09. The molecule has 2 aliphatic rings. The predicted molar refractivity (Wildman–Crippen MR) is 102 cm³/mol. The van der Waals surface area contributed by atoms with Crippen molar-refractivity contribution in [2.45, 2.75) is 63.5 Å². The Hall–Kier alpha value is -0.840. The summed E-state index contributed by atoms with van der Waals surface area (Å²) in [5.74, 6) is 1.55.